The Morgan fingerprint density at radius 2 is 1.79 bits per heavy atom. The van der Waals surface area contributed by atoms with Gasteiger partial charge in [-0.3, -0.25) is 9.59 Å². The summed E-state index contributed by atoms with van der Waals surface area (Å²) in [6, 6.07) is 11.4. The number of benzene rings is 2. The van der Waals surface area contributed by atoms with Gasteiger partial charge in [0.1, 0.15) is 6.04 Å². The molecular formula is C21H22N2O4S. The summed E-state index contributed by atoms with van der Waals surface area (Å²) in [7, 11) is -4.09. The molecule has 1 unspecified atom stereocenters. The maximum Gasteiger partial charge on any atom is 0.267 e. The number of para-hydroxylation sites is 1. The van der Waals surface area contributed by atoms with Crippen LogP contribution in [0.5, 0.6) is 0 Å². The Hall–Kier alpha value is -2.67. The molecule has 0 radical (unpaired) electrons. The lowest BCUT2D eigenvalue weighted by atomic mass is 10.1. The maximum atomic E-state index is 13.2. The number of hydrogen-bond donors (Lipinski definition) is 0. The van der Waals surface area contributed by atoms with Crippen molar-refractivity contribution < 1.29 is 18.0 Å². The van der Waals surface area contributed by atoms with E-state index in [1.807, 2.05) is 38.1 Å². The predicted octanol–water partition coefficient (Wildman–Crippen LogP) is 2.57. The smallest absolute Gasteiger partial charge is 0.267 e. The Kier molecular flexibility index (Phi) is 4.50. The summed E-state index contributed by atoms with van der Waals surface area (Å²) < 4.78 is 27.2. The second-order valence-corrected chi connectivity index (χ2v) is 9.18. The van der Waals surface area contributed by atoms with Crippen LogP contribution in [0.4, 0.5) is 5.69 Å². The van der Waals surface area contributed by atoms with Crippen LogP contribution in [0, 0.1) is 13.8 Å². The first kappa shape index (κ1) is 18.7. The lowest BCUT2D eigenvalue weighted by Gasteiger charge is -2.28. The molecule has 2 aliphatic rings. The molecule has 6 nitrogen and oxygen atoms in total. The zero-order valence-corrected chi connectivity index (χ0v) is 16.7. The highest BCUT2D eigenvalue weighted by atomic mass is 32.2. The summed E-state index contributed by atoms with van der Waals surface area (Å²) in [5.41, 5.74) is 3.65. The standard InChI is InChI=1S/C21H22N2O4S/c1-14-7-8-17(13-15(14)2)28(26,27)23-19(9-10-20(23)24)21(25)22-12-11-16-5-3-4-6-18(16)22/h3-8,13,19H,9-12H2,1-2H3. The second-order valence-electron chi connectivity index (χ2n) is 7.36. The molecule has 0 N–H and O–H groups in total. The Balaban J connectivity index is 1.69. The molecule has 0 saturated carbocycles. The van der Waals surface area contributed by atoms with Crippen LogP contribution in [0.15, 0.2) is 47.4 Å². The largest absolute Gasteiger partial charge is 0.310 e. The topological polar surface area (TPSA) is 74.8 Å². The van der Waals surface area contributed by atoms with Gasteiger partial charge in [0.25, 0.3) is 15.9 Å². The summed E-state index contributed by atoms with van der Waals surface area (Å²) in [5, 5.41) is 0. The molecule has 146 valence electrons. The molecule has 0 spiro atoms. The quantitative estimate of drug-likeness (QED) is 0.796. The van der Waals surface area contributed by atoms with Gasteiger partial charge in [-0.25, -0.2) is 12.7 Å². The third kappa shape index (κ3) is 2.90. The lowest BCUT2D eigenvalue weighted by molar-refractivity contribution is -0.129. The molecule has 2 aromatic rings. The number of aryl methyl sites for hydroxylation is 2. The van der Waals surface area contributed by atoms with Crippen LogP contribution in [-0.2, 0) is 26.0 Å². The van der Waals surface area contributed by atoms with Gasteiger partial charge in [-0.05, 0) is 61.6 Å². The summed E-state index contributed by atoms with van der Waals surface area (Å²) in [4.78, 5) is 27.4. The van der Waals surface area contributed by atoms with Crippen LogP contribution in [-0.4, -0.2) is 37.1 Å². The highest BCUT2D eigenvalue weighted by Crippen LogP contribution is 2.33. The first-order chi connectivity index (χ1) is 13.3. The fourth-order valence-corrected chi connectivity index (χ4v) is 5.60. The van der Waals surface area contributed by atoms with E-state index in [0.29, 0.717) is 6.54 Å². The number of fused-ring (bicyclic) bond motifs is 1. The number of anilines is 1. The highest BCUT2D eigenvalue weighted by molar-refractivity contribution is 7.89. The summed E-state index contributed by atoms with van der Waals surface area (Å²) in [5.74, 6) is -0.854. The van der Waals surface area contributed by atoms with Gasteiger partial charge >= 0.3 is 0 Å². The van der Waals surface area contributed by atoms with Gasteiger partial charge in [0.05, 0.1) is 4.90 Å². The molecule has 2 heterocycles. The molecule has 0 aliphatic carbocycles. The minimum Gasteiger partial charge on any atom is -0.310 e. The van der Waals surface area contributed by atoms with Crippen LogP contribution in [0.3, 0.4) is 0 Å². The van der Waals surface area contributed by atoms with Gasteiger partial charge in [0.2, 0.25) is 5.91 Å². The van der Waals surface area contributed by atoms with E-state index in [2.05, 4.69) is 0 Å². The van der Waals surface area contributed by atoms with E-state index in [-0.39, 0.29) is 23.6 Å². The van der Waals surface area contributed by atoms with E-state index in [1.165, 1.54) is 6.07 Å². The van der Waals surface area contributed by atoms with E-state index in [4.69, 9.17) is 0 Å². The van der Waals surface area contributed by atoms with E-state index in [1.54, 1.807) is 17.0 Å². The van der Waals surface area contributed by atoms with Crippen molar-refractivity contribution in [2.45, 2.75) is 44.0 Å². The van der Waals surface area contributed by atoms with Crippen LogP contribution in [0.25, 0.3) is 0 Å². The minimum atomic E-state index is -4.09. The fraction of sp³-hybridized carbons (Fsp3) is 0.333. The van der Waals surface area contributed by atoms with Crippen molar-refractivity contribution in [1.29, 1.82) is 0 Å². The zero-order valence-electron chi connectivity index (χ0n) is 15.9. The Morgan fingerprint density at radius 3 is 2.54 bits per heavy atom. The van der Waals surface area contributed by atoms with Crippen molar-refractivity contribution in [1.82, 2.24) is 4.31 Å². The first-order valence-corrected chi connectivity index (χ1v) is 10.8. The maximum absolute atomic E-state index is 13.2. The lowest BCUT2D eigenvalue weighted by Crippen LogP contribution is -2.48. The van der Waals surface area contributed by atoms with Gasteiger partial charge in [0, 0.05) is 18.7 Å². The van der Waals surface area contributed by atoms with Crippen molar-refractivity contribution >= 4 is 27.5 Å². The average Bonchev–Trinajstić information content (AvgIpc) is 3.27. The van der Waals surface area contributed by atoms with Gasteiger partial charge in [-0.15, -0.1) is 0 Å². The molecule has 1 saturated heterocycles. The summed E-state index contributed by atoms with van der Waals surface area (Å²) in [6.07, 6.45) is 0.989. The van der Waals surface area contributed by atoms with Gasteiger partial charge < -0.3 is 4.90 Å². The Morgan fingerprint density at radius 1 is 1.04 bits per heavy atom. The molecule has 1 atom stereocenters. The van der Waals surface area contributed by atoms with Crippen LogP contribution >= 0.6 is 0 Å². The van der Waals surface area contributed by atoms with Crippen molar-refractivity contribution in [3.05, 3.63) is 59.2 Å². The van der Waals surface area contributed by atoms with E-state index < -0.39 is 22.0 Å². The van der Waals surface area contributed by atoms with E-state index in [9.17, 15) is 18.0 Å². The number of amides is 2. The van der Waals surface area contributed by atoms with Crippen LogP contribution in [0.2, 0.25) is 0 Å². The number of carbonyl (C=O) groups is 2. The Labute approximate surface area is 164 Å². The first-order valence-electron chi connectivity index (χ1n) is 9.34. The molecule has 0 bridgehead atoms. The number of rotatable bonds is 3. The van der Waals surface area contributed by atoms with E-state index in [0.717, 1.165) is 33.1 Å². The number of carbonyl (C=O) groups excluding carboxylic acids is 2. The fourth-order valence-electron chi connectivity index (χ4n) is 3.92. The number of hydrogen-bond acceptors (Lipinski definition) is 4. The molecule has 4 rings (SSSR count). The van der Waals surface area contributed by atoms with Crippen molar-refractivity contribution in [3.8, 4) is 0 Å². The third-order valence-corrected chi connectivity index (χ3v) is 7.46. The predicted molar refractivity (Wildman–Crippen MR) is 105 cm³/mol. The number of sulfonamides is 1. The molecule has 2 amide bonds. The molecular weight excluding hydrogens is 376 g/mol. The van der Waals surface area contributed by atoms with Gasteiger partial charge in [-0.1, -0.05) is 24.3 Å². The molecule has 1 fully saturated rings. The third-order valence-electron chi connectivity index (χ3n) is 5.63. The van der Waals surface area contributed by atoms with Crippen molar-refractivity contribution in [3.63, 3.8) is 0 Å². The summed E-state index contributed by atoms with van der Waals surface area (Å²) >= 11 is 0. The van der Waals surface area contributed by atoms with Crippen LogP contribution in [0.1, 0.15) is 29.5 Å². The zero-order chi connectivity index (χ0) is 20.1. The van der Waals surface area contributed by atoms with Crippen molar-refractivity contribution in [2.24, 2.45) is 0 Å². The molecule has 0 aromatic heterocycles. The minimum absolute atomic E-state index is 0.0467. The van der Waals surface area contributed by atoms with Crippen molar-refractivity contribution in [2.75, 3.05) is 11.4 Å². The molecule has 2 aromatic carbocycles. The van der Waals surface area contributed by atoms with E-state index >= 15 is 0 Å². The Bertz CT molecular complexity index is 1080. The normalized spacial score (nSPS) is 19.2. The second kappa shape index (κ2) is 6.74. The van der Waals surface area contributed by atoms with Crippen LogP contribution < -0.4 is 4.90 Å². The van der Waals surface area contributed by atoms with Gasteiger partial charge in [-0.2, -0.15) is 0 Å². The highest BCUT2D eigenvalue weighted by Gasteiger charge is 2.46. The SMILES string of the molecule is Cc1ccc(S(=O)(=O)N2C(=O)CCC2C(=O)N2CCc3ccccc32)cc1C. The van der Waals surface area contributed by atoms with Gasteiger partial charge in [0.15, 0.2) is 0 Å². The molecule has 28 heavy (non-hydrogen) atoms. The summed E-state index contributed by atoms with van der Waals surface area (Å²) in [6.45, 7) is 4.22. The molecule has 2 aliphatic heterocycles. The monoisotopic (exact) mass is 398 g/mol. The molecule has 7 heteroatoms. The number of nitrogens with zero attached hydrogens (tertiary/aromatic N) is 2. The average molecular weight is 398 g/mol.